The van der Waals surface area contributed by atoms with Crippen LogP contribution in [0.1, 0.15) is 0 Å². The molecule has 0 aliphatic rings. The lowest BCUT2D eigenvalue weighted by Gasteiger charge is -2.09. The summed E-state index contributed by atoms with van der Waals surface area (Å²) >= 11 is 6.17. The predicted molar refractivity (Wildman–Crippen MR) is 77.4 cm³/mol. The molecule has 0 atom stereocenters. The zero-order valence-corrected chi connectivity index (χ0v) is 11.3. The van der Waals surface area contributed by atoms with Crippen molar-refractivity contribution in [3.63, 3.8) is 0 Å². The first-order valence-corrected chi connectivity index (χ1v) is 6.22. The lowest BCUT2D eigenvalue weighted by Crippen LogP contribution is -2.17. The van der Waals surface area contributed by atoms with Gasteiger partial charge in [0.05, 0.1) is 10.7 Å². The van der Waals surface area contributed by atoms with Gasteiger partial charge in [0, 0.05) is 7.11 Å². The Kier molecular flexibility index (Phi) is 4.55. The molecule has 4 heteroatoms. The molecule has 1 N–H and O–H groups in total. The van der Waals surface area contributed by atoms with E-state index in [0.29, 0.717) is 10.7 Å². The molecule has 2 rings (SSSR count). The highest BCUT2D eigenvalue weighted by atomic mass is 35.5. The van der Waals surface area contributed by atoms with E-state index in [2.05, 4.69) is 5.32 Å². The third-order valence-corrected chi connectivity index (χ3v) is 2.94. The summed E-state index contributed by atoms with van der Waals surface area (Å²) in [4.78, 5) is 11.4. The normalized spacial score (nSPS) is 10.2. The van der Waals surface area contributed by atoms with Crippen LogP contribution in [0, 0.1) is 0 Å². The first kappa shape index (κ1) is 13.6. The zero-order valence-electron chi connectivity index (χ0n) is 10.5. The van der Waals surface area contributed by atoms with E-state index >= 15 is 0 Å². The Morgan fingerprint density at radius 2 is 1.89 bits per heavy atom. The van der Waals surface area contributed by atoms with Crippen molar-refractivity contribution in [2.45, 2.75) is 0 Å². The summed E-state index contributed by atoms with van der Waals surface area (Å²) in [5.41, 5.74) is 2.68. The van der Waals surface area contributed by atoms with E-state index in [1.807, 2.05) is 42.5 Å². The number of halogens is 1. The SMILES string of the molecule is COCC(=O)Nc1ccc(-c2ccccc2)cc1Cl. The van der Waals surface area contributed by atoms with Crippen molar-refractivity contribution in [1.29, 1.82) is 0 Å². The molecule has 2 aromatic carbocycles. The summed E-state index contributed by atoms with van der Waals surface area (Å²) in [5, 5.41) is 3.20. The van der Waals surface area contributed by atoms with Crippen LogP contribution in [-0.4, -0.2) is 19.6 Å². The molecular weight excluding hydrogens is 262 g/mol. The molecule has 0 aromatic heterocycles. The molecule has 0 spiro atoms. The van der Waals surface area contributed by atoms with Crippen LogP contribution in [-0.2, 0) is 9.53 Å². The molecule has 2 aromatic rings. The van der Waals surface area contributed by atoms with E-state index in [-0.39, 0.29) is 12.5 Å². The number of ether oxygens (including phenoxy) is 1. The summed E-state index contributed by atoms with van der Waals surface area (Å²) in [6.07, 6.45) is 0. The van der Waals surface area contributed by atoms with Gasteiger partial charge in [-0.2, -0.15) is 0 Å². The number of nitrogens with one attached hydrogen (secondary N) is 1. The van der Waals surface area contributed by atoms with Crippen molar-refractivity contribution in [2.24, 2.45) is 0 Å². The highest BCUT2D eigenvalue weighted by Crippen LogP contribution is 2.28. The van der Waals surface area contributed by atoms with E-state index in [1.54, 1.807) is 6.07 Å². The van der Waals surface area contributed by atoms with Crippen LogP contribution < -0.4 is 5.32 Å². The average Bonchev–Trinajstić information content (AvgIpc) is 2.42. The number of carbonyl (C=O) groups is 1. The van der Waals surface area contributed by atoms with Crippen LogP contribution in [0.15, 0.2) is 48.5 Å². The molecule has 98 valence electrons. The van der Waals surface area contributed by atoms with Crippen molar-refractivity contribution in [3.8, 4) is 11.1 Å². The highest BCUT2D eigenvalue weighted by Gasteiger charge is 2.07. The monoisotopic (exact) mass is 275 g/mol. The maximum absolute atomic E-state index is 11.4. The van der Waals surface area contributed by atoms with Gasteiger partial charge in [-0.05, 0) is 23.3 Å². The molecule has 0 radical (unpaired) electrons. The molecule has 0 saturated carbocycles. The fraction of sp³-hybridized carbons (Fsp3) is 0.133. The second kappa shape index (κ2) is 6.36. The van der Waals surface area contributed by atoms with Crippen LogP contribution >= 0.6 is 11.6 Å². The molecule has 0 saturated heterocycles. The van der Waals surface area contributed by atoms with Gasteiger partial charge in [0.1, 0.15) is 6.61 Å². The van der Waals surface area contributed by atoms with Crippen LogP contribution in [0.5, 0.6) is 0 Å². The molecule has 0 aliphatic carbocycles. The minimum Gasteiger partial charge on any atom is -0.375 e. The van der Waals surface area contributed by atoms with Crippen LogP contribution in [0.4, 0.5) is 5.69 Å². The molecule has 0 aliphatic heterocycles. The zero-order chi connectivity index (χ0) is 13.7. The number of hydrogen-bond donors (Lipinski definition) is 1. The fourth-order valence-electron chi connectivity index (χ4n) is 1.74. The van der Waals surface area contributed by atoms with E-state index in [0.717, 1.165) is 11.1 Å². The summed E-state index contributed by atoms with van der Waals surface area (Å²) in [7, 11) is 1.47. The van der Waals surface area contributed by atoms with Gasteiger partial charge in [0.25, 0.3) is 0 Å². The van der Waals surface area contributed by atoms with E-state index in [1.165, 1.54) is 7.11 Å². The Morgan fingerprint density at radius 3 is 2.53 bits per heavy atom. The number of hydrogen-bond acceptors (Lipinski definition) is 2. The maximum Gasteiger partial charge on any atom is 0.250 e. The Labute approximate surface area is 117 Å². The Bertz CT molecular complexity index is 570. The van der Waals surface area contributed by atoms with Gasteiger partial charge < -0.3 is 10.1 Å². The maximum atomic E-state index is 11.4. The molecule has 3 nitrogen and oxygen atoms in total. The summed E-state index contributed by atoms with van der Waals surface area (Å²) < 4.78 is 4.75. The third-order valence-electron chi connectivity index (χ3n) is 2.63. The standard InChI is InChI=1S/C15H14ClNO2/c1-19-10-15(18)17-14-8-7-12(9-13(14)16)11-5-3-2-4-6-11/h2-9H,10H2,1H3,(H,17,18). The second-order valence-electron chi connectivity index (χ2n) is 4.04. The second-order valence-corrected chi connectivity index (χ2v) is 4.45. The molecule has 0 heterocycles. The summed E-state index contributed by atoms with van der Waals surface area (Å²) in [5.74, 6) is -0.225. The number of benzene rings is 2. The van der Waals surface area contributed by atoms with Gasteiger partial charge in [-0.15, -0.1) is 0 Å². The largest absolute Gasteiger partial charge is 0.375 e. The smallest absolute Gasteiger partial charge is 0.250 e. The van der Waals surface area contributed by atoms with E-state index in [9.17, 15) is 4.79 Å². The van der Waals surface area contributed by atoms with Crippen LogP contribution in [0.2, 0.25) is 5.02 Å². The van der Waals surface area contributed by atoms with Crippen molar-refractivity contribution >= 4 is 23.2 Å². The molecule has 19 heavy (non-hydrogen) atoms. The number of methoxy groups -OCH3 is 1. The Balaban J connectivity index is 2.20. The predicted octanol–water partition coefficient (Wildman–Crippen LogP) is 3.59. The van der Waals surface area contributed by atoms with Gasteiger partial charge in [0.15, 0.2) is 0 Å². The number of carbonyl (C=O) groups excluding carboxylic acids is 1. The summed E-state index contributed by atoms with van der Waals surface area (Å²) in [6, 6.07) is 15.5. The Hall–Kier alpha value is -1.84. The minimum absolute atomic E-state index is 0.0107. The lowest BCUT2D eigenvalue weighted by molar-refractivity contribution is -0.119. The Morgan fingerprint density at radius 1 is 1.16 bits per heavy atom. The molecule has 0 unspecified atom stereocenters. The van der Waals surface area contributed by atoms with E-state index < -0.39 is 0 Å². The first-order valence-electron chi connectivity index (χ1n) is 5.84. The fourth-order valence-corrected chi connectivity index (χ4v) is 1.97. The quantitative estimate of drug-likeness (QED) is 0.926. The van der Waals surface area contributed by atoms with Crippen molar-refractivity contribution in [3.05, 3.63) is 53.6 Å². The van der Waals surface area contributed by atoms with E-state index in [4.69, 9.17) is 16.3 Å². The van der Waals surface area contributed by atoms with Crippen LogP contribution in [0.3, 0.4) is 0 Å². The van der Waals surface area contributed by atoms with Crippen molar-refractivity contribution < 1.29 is 9.53 Å². The number of anilines is 1. The number of amides is 1. The van der Waals surface area contributed by atoms with Crippen molar-refractivity contribution in [2.75, 3.05) is 19.0 Å². The third kappa shape index (κ3) is 3.56. The average molecular weight is 276 g/mol. The van der Waals surface area contributed by atoms with Crippen LogP contribution in [0.25, 0.3) is 11.1 Å². The molecule has 1 amide bonds. The summed E-state index contributed by atoms with van der Waals surface area (Å²) in [6.45, 7) is 0.0107. The molecule has 0 fully saturated rings. The van der Waals surface area contributed by atoms with Crippen molar-refractivity contribution in [1.82, 2.24) is 0 Å². The van der Waals surface area contributed by atoms with Gasteiger partial charge in [-0.1, -0.05) is 48.0 Å². The first-order chi connectivity index (χ1) is 9.20. The van der Waals surface area contributed by atoms with Gasteiger partial charge in [0.2, 0.25) is 5.91 Å². The van der Waals surface area contributed by atoms with Gasteiger partial charge >= 0.3 is 0 Å². The number of rotatable bonds is 4. The lowest BCUT2D eigenvalue weighted by atomic mass is 10.1. The molecular formula is C15H14ClNO2. The van der Waals surface area contributed by atoms with Gasteiger partial charge in [-0.25, -0.2) is 0 Å². The molecule has 0 bridgehead atoms. The highest BCUT2D eigenvalue weighted by molar-refractivity contribution is 6.34. The minimum atomic E-state index is -0.225. The van der Waals surface area contributed by atoms with Gasteiger partial charge in [-0.3, -0.25) is 4.79 Å². The topological polar surface area (TPSA) is 38.3 Å².